The minimum absolute atomic E-state index is 0. The van der Waals surface area contributed by atoms with E-state index in [1.165, 1.54) is 6.07 Å². The van der Waals surface area contributed by atoms with Crippen molar-refractivity contribution in [3.8, 4) is 0 Å². The van der Waals surface area contributed by atoms with Crippen LogP contribution in [-0.2, 0) is 6.54 Å². The zero-order valence-electron chi connectivity index (χ0n) is 8.46. The highest BCUT2D eigenvalue weighted by molar-refractivity contribution is 8.93. The van der Waals surface area contributed by atoms with Gasteiger partial charge in [0.15, 0.2) is 5.96 Å². The first-order chi connectivity index (χ1) is 7.25. The van der Waals surface area contributed by atoms with E-state index in [1.807, 2.05) is 0 Å². The van der Waals surface area contributed by atoms with Gasteiger partial charge >= 0.3 is 0 Å². The van der Waals surface area contributed by atoms with Gasteiger partial charge in [0, 0.05) is 23.7 Å². The molecule has 2 N–H and O–H groups in total. The number of hydrogen-bond donors (Lipinski definition) is 2. The molecule has 0 aliphatic carbocycles. The molecule has 6 heteroatoms. The maximum Gasteiger partial charge on any atom is 0.191 e. The molecule has 0 fully saturated rings. The second-order valence-corrected chi connectivity index (χ2v) is 3.68. The summed E-state index contributed by atoms with van der Waals surface area (Å²) < 4.78 is 13.3. The Labute approximate surface area is 109 Å². The summed E-state index contributed by atoms with van der Waals surface area (Å²) in [7, 11) is 0. The minimum Gasteiger partial charge on any atom is -0.355 e. The van der Waals surface area contributed by atoms with Crippen LogP contribution in [0.15, 0.2) is 23.2 Å². The van der Waals surface area contributed by atoms with Gasteiger partial charge in [-0.05, 0) is 12.1 Å². The van der Waals surface area contributed by atoms with Crippen LogP contribution in [0.1, 0.15) is 5.56 Å². The molecule has 2 rings (SSSR count). The molecule has 1 aliphatic heterocycles. The number of benzene rings is 1. The molecule has 0 amide bonds. The third kappa shape index (κ3) is 3.35. The lowest BCUT2D eigenvalue weighted by Crippen LogP contribution is -2.33. The zero-order valence-corrected chi connectivity index (χ0v) is 10.9. The Balaban J connectivity index is 0.00000128. The fourth-order valence-corrected chi connectivity index (χ4v) is 1.52. The van der Waals surface area contributed by atoms with Crippen molar-refractivity contribution in [1.82, 2.24) is 10.6 Å². The second-order valence-electron chi connectivity index (χ2n) is 3.25. The highest BCUT2D eigenvalue weighted by Gasteiger charge is 2.06. The SMILES string of the molecule is Br.Fc1cc(Cl)ccc1CNC1=NCCN1. The van der Waals surface area contributed by atoms with Gasteiger partial charge in [0.05, 0.1) is 6.54 Å². The van der Waals surface area contributed by atoms with Crippen LogP contribution in [0.25, 0.3) is 0 Å². The maximum absolute atomic E-state index is 13.3. The van der Waals surface area contributed by atoms with E-state index in [-0.39, 0.29) is 22.8 Å². The summed E-state index contributed by atoms with van der Waals surface area (Å²) >= 11 is 5.65. The van der Waals surface area contributed by atoms with Gasteiger partial charge in [0.1, 0.15) is 5.82 Å². The van der Waals surface area contributed by atoms with Crippen LogP contribution in [-0.4, -0.2) is 19.0 Å². The van der Waals surface area contributed by atoms with Gasteiger partial charge in [0.25, 0.3) is 0 Å². The quantitative estimate of drug-likeness (QED) is 0.878. The van der Waals surface area contributed by atoms with Crippen molar-refractivity contribution in [1.29, 1.82) is 0 Å². The summed E-state index contributed by atoms with van der Waals surface area (Å²) in [4.78, 5) is 4.14. The zero-order chi connectivity index (χ0) is 10.7. The standard InChI is InChI=1S/C10H11ClFN3.BrH/c11-8-2-1-7(9(12)5-8)6-15-10-13-3-4-14-10;/h1-2,5H,3-4,6H2,(H2,13,14,15);1H. The van der Waals surface area contributed by atoms with Crippen molar-refractivity contribution in [2.75, 3.05) is 13.1 Å². The monoisotopic (exact) mass is 307 g/mol. The topological polar surface area (TPSA) is 36.4 Å². The average molecular weight is 309 g/mol. The fourth-order valence-electron chi connectivity index (χ4n) is 1.36. The lowest BCUT2D eigenvalue weighted by atomic mass is 10.2. The molecule has 0 unspecified atom stereocenters. The smallest absolute Gasteiger partial charge is 0.191 e. The predicted molar refractivity (Wildman–Crippen MR) is 68.9 cm³/mol. The third-order valence-electron chi connectivity index (χ3n) is 2.14. The van der Waals surface area contributed by atoms with Gasteiger partial charge in [-0.3, -0.25) is 4.99 Å². The Kier molecular flexibility index (Phi) is 5.02. The lowest BCUT2D eigenvalue weighted by molar-refractivity contribution is 0.605. The number of nitrogens with one attached hydrogen (secondary N) is 2. The number of nitrogens with zero attached hydrogens (tertiary/aromatic N) is 1. The van der Waals surface area contributed by atoms with Gasteiger partial charge in [0.2, 0.25) is 0 Å². The minimum atomic E-state index is -0.298. The van der Waals surface area contributed by atoms with Crippen molar-refractivity contribution in [3.63, 3.8) is 0 Å². The summed E-state index contributed by atoms with van der Waals surface area (Å²) in [5.41, 5.74) is 0.579. The van der Waals surface area contributed by atoms with Gasteiger partial charge in [-0.25, -0.2) is 4.39 Å². The Hall–Kier alpha value is -0.810. The number of rotatable bonds is 2. The summed E-state index contributed by atoms with van der Waals surface area (Å²) in [5.74, 6) is 0.429. The van der Waals surface area contributed by atoms with E-state index in [0.717, 1.165) is 19.0 Å². The van der Waals surface area contributed by atoms with Gasteiger partial charge < -0.3 is 10.6 Å². The lowest BCUT2D eigenvalue weighted by Gasteiger charge is -2.07. The van der Waals surface area contributed by atoms with Crippen molar-refractivity contribution in [3.05, 3.63) is 34.6 Å². The first-order valence-corrected chi connectivity index (χ1v) is 5.09. The maximum atomic E-state index is 13.3. The van der Waals surface area contributed by atoms with E-state index in [2.05, 4.69) is 15.6 Å². The molecule has 0 atom stereocenters. The summed E-state index contributed by atoms with van der Waals surface area (Å²) in [5, 5.41) is 6.47. The normalized spacial score (nSPS) is 13.8. The van der Waals surface area contributed by atoms with E-state index >= 15 is 0 Å². The second kappa shape index (κ2) is 6.06. The molecule has 1 heterocycles. The first kappa shape index (κ1) is 13.3. The summed E-state index contributed by atoms with van der Waals surface area (Å²) in [6.07, 6.45) is 0. The third-order valence-corrected chi connectivity index (χ3v) is 2.37. The molecule has 0 saturated heterocycles. The molecule has 1 aliphatic rings. The molecule has 3 nitrogen and oxygen atoms in total. The van der Waals surface area contributed by atoms with E-state index in [0.29, 0.717) is 17.1 Å². The number of guanidine groups is 1. The van der Waals surface area contributed by atoms with Gasteiger partial charge in [-0.2, -0.15) is 0 Å². The van der Waals surface area contributed by atoms with Gasteiger partial charge in [-0.15, -0.1) is 17.0 Å². The predicted octanol–water partition coefficient (Wildman–Crippen LogP) is 2.11. The molecule has 0 bridgehead atoms. The first-order valence-electron chi connectivity index (χ1n) is 4.72. The van der Waals surface area contributed by atoms with Crippen molar-refractivity contribution >= 4 is 34.5 Å². The van der Waals surface area contributed by atoms with Crippen LogP contribution in [0.5, 0.6) is 0 Å². The molecule has 0 saturated carbocycles. The molecule has 0 radical (unpaired) electrons. The van der Waals surface area contributed by atoms with E-state index < -0.39 is 0 Å². The van der Waals surface area contributed by atoms with E-state index in [9.17, 15) is 4.39 Å². The van der Waals surface area contributed by atoms with Gasteiger partial charge in [-0.1, -0.05) is 17.7 Å². The molecule has 16 heavy (non-hydrogen) atoms. The van der Waals surface area contributed by atoms with Crippen LogP contribution < -0.4 is 10.6 Å². The fraction of sp³-hybridized carbons (Fsp3) is 0.300. The molecule has 1 aromatic rings. The van der Waals surface area contributed by atoms with E-state index in [1.54, 1.807) is 12.1 Å². The highest BCUT2D eigenvalue weighted by atomic mass is 79.9. The number of halogens is 3. The van der Waals surface area contributed by atoms with Crippen molar-refractivity contribution in [2.45, 2.75) is 6.54 Å². The largest absolute Gasteiger partial charge is 0.355 e. The van der Waals surface area contributed by atoms with Crippen LogP contribution in [0.2, 0.25) is 5.02 Å². The molecule has 0 spiro atoms. The Morgan fingerprint density at radius 1 is 1.50 bits per heavy atom. The molecular formula is C10H12BrClFN3. The molecular weight excluding hydrogens is 296 g/mol. The summed E-state index contributed by atoms with van der Waals surface area (Å²) in [6.45, 7) is 2.02. The Morgan fingerprint density at radius 2 is 2.31 bits per heavy atom. The van der Waals surface area contributed by atoms with Crippen LogP contribution in [0.4, 0.5) is 4.39 Å². The Bertz CT molecular complexity index is 398. The Morgan fingerprint density at radius 3 is 2.94 bits per heavy atom. The summed E-state index contributed by atoms with van der Waals surface area (Å²) in [6, 6.07) is 4.65. The van der Waals surface area contributed by atoms with E-state index in [4.69, 9.17) is 11.6 Å². The van der Waals surface area contributed by atoms with Crippen LogP contribution in [0.3, 0.4) is 0 Å². The average Bonchev–Trinajstić information content (AvgIpc) is 2.69. The number of aliphatic imine (C=N–C) groups is 1. The molecule has 0 aromatic heterocycles. The molecule has 1 aromatic carbocycles. The molecule has 88 valence electrons. The highest BCUT2D eigenvalue weighted by Crippen LogP contribution is 2.14. The van der Waals surface area contributed by atoms with Crippen molar-refractivity contribution < 1.29 is 4.39 Å². The van der Waals surface area contributed by atoms with Crippen LogP contribution in [0, 0.1) is 5.82 Å². The van der Waals surface area contributed by atoms with Crippen molar-refractivity contribution in [2.24, 2.45) is 4.99 Å². The number of hydrogen-bond acceptors (Lipinski definition) is 3. The van der Waals surface area contributed by atoms with Crippen LogP contribution >= 0.6 is 28.6 Å².